The van der Waals surface area contributed by atoms with Gasteiger partial charge in [-0.2, -0.15) is 0 Å². The molecule has 8 aromatic carbocycles. The average molecular weight is 693 g/mol. The first-order valence-corrected chi connectivity index (χ1v) is 18.1. The lowest BCUT2D eigenvalue weighted by Crippen LogP contribution is -2.17. The summed E-state index contributed by atoms with van der Waals surface area (Å²) >= 11 is 0. The second-order valence-corrected chi connectivity index (χ2v) is 14.7. The molecule has 1 aliphatic carbocycles. The molecule has 258 valence electrons. The first kappa shape index (κ1) is 32.6. The van der Waals surface area contributed by atoms with Crippen LogP contribution in [0.15, 0.2) is 158 Å². The van der Waals surface area contributed by atoms with Crippen LogP contribution >= 0.6 is 0 Å². The lowest BCUT2D eigenvalue weighted by atomic mass is 9.79. The highest BCUT2D eigenvalue weighted by molar-refractivity contribution is 6.19. The number of nitrogens with zero attached hydrogens (tertiary/aromatic N) is 2. The van der Waals surface area contributed by atoms with Crippen LogP contribution < -0.4 is 9.80 Å². The Bertz CT molecular complexity index is 2690. The van der Waals surface area contributed by atoms with E-state index in [1.165, 1.54) is 68.1 Å². The maximum absolute atomic E-state index is 14.2. The monoisotopic (exact) mass is 692 g/mol. The molecule has 0 fully saturated rings. The minimum Gasteiger partial charge on any atom is -0.310 e. The molecule has 9 rings (SSSR count). The molecule has 1 aliphatic rings. The number of benzene rings is 8. The SMILES string of the molecule is Cc1cccc(N(c2ccc(F)cc2)c2ccc3c(c2)C(C)(C)c2c-3c3ccccc3c3cc(N(c4ccc(F)cc4)c4cccc(C)c4)ccc23)c1. The molecule has 2 nitrogen and oxygen atoms in total. The molecule has 0 radical (unpaired) electrons. The van der Waals surface area contributed by atoms with Crippen molar-refractivity contribution in [2.45, 2.75) is 33.1 Å². The van der Waals surface area contributed by atoms with Crippen molar-refractivity contribution < 1.29 is 8.78 Å². The van der Waals surface area contributed by atoms with Crippen molar-refractivity contribution >= 4 is 55.7 Å². The van der Waals surface area contributed by atoms with Crippen LogP contribution in [0.1, 0.15) is 36.1 Å². The highest BCUT2D eigenvalue weighted by atomic mass is 19.1. The second kappa shape index (κ2) is 12.5. The smallest absolute Gasteiger partial charge is 0.123 e. The van der Waals surface area contributed by atoms with Crippen molar-refractivity contribution in [2.24, 2.45) is 0 Å². The predicted molar refractivity (Wildman–Crippen MR) is 218 cm³/mol. The van der Waals surface area contributed by atoms with Gasteiger partial charge in [-0.15, -0.1) is 0 Å². The van der Waals surface area contributed by atoms with Gasteiger partial charge in [0.1, 0.15) is 11.6 Å². The van der Waals surface area contributed by atoms with Crippen molar-refractivity contribution in [3.05, 3.63) is 192 Å². The third-order valence-corrected chi connectivity index (χ3v) is 10.8. The lowest BCUT2D eigenvalue weighted by molar-refractivity contribution is 0.627. The van der Waals surface area contributed by atoms with E-state index in [4.69, 9.17) is 0 Å². The van der Waals surface area contributed by atoms with Gasteiger partial charge in [-0.3, -0.25) is 0 Å². The van der Waals surface area contributed by atoms with Gasteiger partial charge in [0.15, 0.2) is 0 Å². The summed E-state index contributed by atoms with van der Waals surface area (Å²) in [4.78, 5) is 4.42. The van der Waals surface area contributed by atoms with E-state index in [0.29, 0.717) is 0 Å². The van der Waals surface area contributed by atoms with Crippen molar-refractivity contribution in [3.63, 3.8) is 0 Å². The van der Waals surface area contributed by atoms with Crippen LogP contribution in [0.25, 0.3) is 32.7 Å². The van der Waals surface area contributed by atoms with Gasteiger partial charge >= 0.3 is 0 Å². The van der Waals surface area contributed by atoms with E-state index >= 15 is 0 Å². The van der Waals surface area contributed by atoms with Gasteiger partial charge in [0.05, 0.1) is 0 Å². The topological polar surface area (TPSA) is 6.48 Å². The maximum atomic E-state index is 14.2. The molecule has 0 saturated heterocycles. The van der Waals surface area contributed by atoms with E-state index in [1.807, 2.05) is 24.3 Å². The standard InChI is InChI=1S/C49H38F2N2/c1-31-9-7-11-37(27-31)52(35-19-15-33(50)16-20-35)39-23-25-43-45(29-39)41-13-5-6-14-42(41)47-44-26-24-40(30-46(44)49(3,4)48(43)47)53(36-21-17-34(51)18-22-36)38-12-8-10-32(2)28-38/h5-30H,1-4H3. The fourth-order valence-corrected chi connectivity index (χ4v) is 8.40. The molecule has 0 atom stereocenters. The van der Waals surface area contributed by atoms with Crippen LogP contribution in [-0.2, 0) is 5.41 Å². The zero-order valence-electron chi connectivity index (χ0n) is 30.2. The number of rotatable bonds is 6. The van der Waals surface area contributed by atoms with Gasteiger partial charge < -0.3 is 9.80 Å². The molecule has 4 heteroatoms. The summed E-state index contributed by atoms with van der Waals surface area (Å²) < 4.78 is 28.3. The Morgan fingerprint density at radius 2 is 0.906 bits per heavy atom. The summed E-state index contributed by atoms with van der Waals surface area (Å²) in [5.74, 6) is -0.521. The molecular formula is C49H38F2N2. The van der Waals surface area contributed by atoms with E-state index in [0.717, 1.165) is 45.3 Å². The molecule has 0 aliphatic heterocycles. The van der Waals surface area contributed by atoms with E-state index in [1.54, 1.807) is 0 Å². The van der Waals surface area contributed by atoms with E-state index in [-0.39, 0.29) is 17.0 Å². The van der Waals surface area contributed by atoms with Crippen LogP contribution in [0.5, 0.6) is 0 Å². The summed E-state index contributed by atoms with van der Waals surface area (Å²) in [5, 5.41) is 4.78. The van der Waals surface area contributed by atoms with Gasteiger partial charge in [-0.1, -0.05) is 74.5 Å². The first-order chi connectivity index (χ1) is 25.7. The Hall–Kier alpha value is -6.26. The van der Waals surface area contributed by atoms with E-state index in [9.17, 15) is 8.78 Å². The Labute approximate surface area is 309 Å². The minimum absolute atomic E-state index is 0.259. The Morgan fingerprint density at radius 3 is 1.47 bits per heavy atom. The lowest BCUT2D eigenvalue weighted by Gasteiger charge is -2.29. The van der Waals surface area contributed by atoms with Crippen LogP contribution in [-0.4, -0.2) is 0 Å². The summed E-state index contributed by atoms with van der Waals surface area (Å²) in [5.41, 5.74) is 12.9. The number of fused-ring (bicyclic) bond motifs is 8. The average Bonchev–Trinajstić information content (AvgIpc) is 3.40. The minimum atomic E-state index is -0.335. The molecule has 0 unspecified atom stereocenters. The van der Waals surface area contributed by atoms with Gasteiger partial charge in [0.25, 0.3) is 0 Å². The van der Waals surface area contributed by atoms with Crippen molar-refractivity contribution in [1.82, 2.24) is 0 Å². The van der Waals surface area contributed by atoms with Crippen molar-refractivity contribution in [1.29, 1.82) is 0 Å². The molecule has 0 saturated carbocycles. The molecule has 8 aromatic rings. The zero-order valence-corrected chi connectivity index (χ0v) is 30.2. The quantitative estimate of drug-likeness (QED) is 0.160. The largest absolute Gasteiger partial charge is 0.310 e. The Morgan fingerprint density at radius 1 is 0.415 bits per heavy atom. The number of halogens is 2. The zero-order chi connectivity index (χ0) is 36.4. The molecule has 0 heterocycles. The molecule has 0 N–H and O–H groups in total. The molecule has 0 amide bonds. The number of anilines is 6. The molecule has 0 spiro atoms. The maximum Gasteiger partial charge on any atom is 0.123 e. The van der Waals surface area contributed by atoms with Crippen molar-refractivity contribution in [3.8, 4) is 11.1 Å². The molecular weight excluding hydrogens is 655 g/mol. The highest BCUT2D eigenvalue weighted by Crippen LogP contribution is 2.56. The van der Waals surface area contributed by atoms with Gasteiger partial charge in [0.2, 0.25) is 0 Å². The van der Waals surface area contributed by atoms with Gasteiger partial charge in [-0.05, 0) is 166 Å². The van der Waals surface area contributed by atoms with Crippen LogP contribution in [0.2, 0.25) is 0 Å². The Kier molecular flexibility index (Phi) is 7.67. The van der Waals surface area contributed by atoms with Crippen LogP contribution in [0.4, 0.5) is 42.9 Å². The molecule has 0 bridgehead atoms. The summed E-state index contributed by atoms with van der Waals surface area (Å²) in [7, 11) is 0. The third-order valence-electron chi connectivity index (χ3n) is 10.8. The second-order valence-electron chi connectivity index (χ2n) is 14.7. The van der Waals surface area contributed by atoms with Crippen molar-refractivity contribution in [2.75, 3.05) is 9.80 Å². The highest BCUT2D eigenvalue weighted by Gasteiger charge is 2.39. The molecule has 53 heavy (non-hydrogen) atoms. The summed E-state index contributed by atoms with van der Waals surface area (Å²) in [6.07, 6.45) is 0. The van der Waals surface area contributed by atoms with Crippen LogP contribution in [0.3, 0.4) is 0 Å². The molecule has 0 aromatic heterocycles. The number of hydrogen-bond donors (Lipinski definition) is 0. The summed E-state index contributed by atoms with van der Waals surface area (Å²) in [6.45, 7) is 8.84. The fraction of sp³-hybridized carbons (Fsp3) is 0.102. The predicted octanol–water partition coefficient (Wildman–Crippen LogP) is 14.1. The first-order valence-electron chi connectivity index (χ1n) is 18.1. The third kappa shape index (κ3) is 5.45. The van der Waals surface area contributed by atoms with Crippen LogP contribution in [0, 0.1) is 25.5 Å². The number of aryl methyl sites for hydroxylation is 2. The van der Waals surface area contributed by atoms with E-state index < -0.39 is 0 Å². The number of hydrogen-bond acceptors (Lipinski definition) is 2. The summed E-state index contributed by atoms with van der Waals surface area (Å²) in [6, 6.07) is 52.6. The van der Waals surface area contributed by atoms with E-state index in [2.05, 4.69) is 147 Å². The normalized spacial score (nSPS) is 12.9. The fourth-order valence-electron chi connectivity index (χ4n) is 8.40. The van der Waals surface area contributed by atoms with Gasteiger partial charge in [-0.25, -0.2) is 8.78 Å². The Balaban J connectivity index is 1.25. The van der Waals surface area contributed by atoms with Gasteiger partial charge in [0, 0.05) is 39.5 Å².